The van der Waals surface area contributed by atoms with Crippen LogP contribution in [-0.4, -0.2) is 43.0 Å². The molecule has 3 aromatic rings. The zero-order chi connectivity index (χ0) is 29.2. The zero-order valence-electron chi connectivity index (χ0n) is 23.4. The number of nitrogen functional groups attached to an aromatic ring is 1. The molecular formula is C29H36FN5O4S. The minimum Gasteiger partial charge on any atom is -0.493 e. The summed E-state index contributed by atoms with van der Waals surface area (Å²) >= 11 is 0. The molecule has 3 N–H and O–H groups in total. The van der Waals surface area contributed by atoms with Crippen molar-refractivity contribution in [3.05, 3.63) is 60.0 Å². The van der Waals surface area contributed by atoms with E-state index in [1.165, 1.54) is 36.5 Å². The monoisotopic (exact) mass is 569 g/mol. The molecule has 1 aliphatic rings. The summed E-state index contributed by atoms with van der Waals surface area (Å²) in [5.41, 5.74) is 6.38. The number of rotatable bonds is 9. The van der Waals surface area contributed by atoms with E-state index in [4.69, 9.17) is 15.5 Å². The van der Waals surface area contributed by atoms with Gasteiger partial charge in [-0.3, -0.25) is 4.79 Å². The van der Waals surface area contributed by atoms with Gasteiger partial charge in [-0.15, -0.1) is 0 Å². The maximum atomic E-state index is 14.6. The van der Waals surface area contributed by atoms with Gasteiger partial charge >= 0.3 is 0 Å². The summed E-state index contributed by atoms with van der Waals surface area (Å²) < 4.78 is 48.5. The van der Waals surface area contributed by atoms with E-state index in [9.17, 15) is 17.6 Å². The summed E-state index contributed by atoms with van der Waals surface area (Å²) in [6, 6.07) is 10.2. The predicted molar refractivity (Wildman–Crippen MR) is 153 cm³/mol. The number of hydrogen-bond acceptors (Lipinski definition) is 8. The molecule has 2 aromatic heterocycles. The summed E-state index contributed by atoms with van der Waals surface area (Å²) in [6.45, 7) is 11.3. The molecule has 4 rings (SSSR count). The van der Waals surface area contributed by atoms with Gasteiger partial charge in [-0.05, 0) is 68.5 Å². The SMILES string of the molecule is CCC1CCN(c2nc(-c3cc(F)cc(OCC(C)C)c3)ccc2C(=O)NS(=O)(=O)c2cccnc2N)C1(C)C. The molecule has 0 saturated carbocycles. The van der Waals surface area contributed by atoms with Crippen molar-refractivity contribution in [2.75, 3.05) is 23.8 Å². The van der Waals surface area contributed by atoms with E-state index < -0.39 is 21.7 Å². The molecule has 11 heteroatoms. The molecule has 1 atom stereocenters. The second-order valence-electron chi connectivity index (χ2n) is 11.0. The summed E-state index contributed by atoms with van der Waals surface area (Å²) in [7, 11) is -4.31. The van der Waals surface area contributed by atoms with Crippen LogP contribution in [0.5, 0.6) is 5.75 Å². The van der Waals surface area contributed by atoms with Gasteiger partial charge in [-0.25, -0.2) is 27.5 Å². The van der Waals surface area contributed by atoms with Gasteiger partial charge in [0.2, 0.25) is 0 Å². The lowest BCUT2D eigenvalue weighted by molar-refractivity contribution is 0.0981. The average molecular weight is 570 g/mol. The van der Waals surface area contributed by atoms with Crippen LogP contribution in [0, 0.1) is 17.7 Å². The Labute approximate surface area is 235 Å². The molecule has 1 fully saturated rings. The van der Waals surface area contributed by atoms with E-state index >= 15 is 0 Å². The molecule has 1 saturated heterocycles. The number of carbonyl (C=O) groups is 1. The van der Waals surface area contributed by atoms with Gasteiger partial charge < -0.3 is 15.4 Å². The van der Waals surface area contributed by atoms with Gasteiger partial charge in [0.05, 0.1) is 17.9 Å². The Morgan fingerprint density at radius 1 is 1.25 bits per heavy atom. The summed E-state index contributed by atoms with van der Waals surface area (Å²) in [4.78, 5) is 23.9. The molecular weight excluding hydrogens is 533 g/mol. The lowest BCUT2D eigenvalue weighted by Gasteiger charge is -2.37. The number of aromatic nitrogens is 2. The van der Waals surface area contributed by atoms with Crippen LogP contribution in [0.1, 0.15) is 57.8 Å². The van der Waals surface area contributed by atoms with Crippen molar-refractivity contribution < 1.29 is 22.3 Å². The summed E-state index contributed by atoms with van der Waals surface area (Å²) in [6.07, 6.45) is 3.18. The van der Waals surface area contributed by atoms with Crippen LogP contribution in [0.2, 0.25) is 0 Å². The number of anilines is 2. The standard InChI is InChI=1S/C29H36FN5O4S/c1-6-20-11-13-35(29(20,4)5)27-23(28(36)34-40(37,38)25-8-7-12-32-26(25)31)9-10-24(33-27)19-14-21(30)16-22(15-19)39-17-18(2)3/h7-10,12,14-16,18,20H,6,11,13,17H2,1-5H3,(H2,31,32)(H,34,36). The Balaban J connectivity index is 1.78. The fourth-order valence-corrected chi connectivity index (χ4v) is 6.19. The fourth-order valence-electron chi connectivity index (χ4n) is 5.14. The number of amides is 1. The minimum atomic E-state index is -4.31. The number of halogens is 1. The quantitative estimate of drug-likeness (QED) is 0.367. The van der Waals surface area contributed by atoms with Crippen molar-refractivity contribution in [3.8, 4) is 17.0 Å². The maximum Gasteiger partial charge on any atom is 0.268 e. The van der Waals surface area contributed by atoms with E-state index in [0.29, 0.717) is 41.9 Å². The Kier molecular flexibility index (Phi) is 8.34. The summed E-state index contributed by atoms with van der Waals surface area (Å²) in [5, 5.41) is 0. The first kappa shape index (κ1) is 29.3. The third-order valence-electron chi connectivity index (χ3n) is 7.33. The number of nitrogens with zero attached hydrogens (tertiary/aromatic N) is 3. The second kappa shape index (κ2) is 11.4. The number of hydrogen-bond donors (Lipinski definition) is 2. The van der Waals surface area contributed by atoms with E-state index in [1.807, 2.05) is 18.7 Å². The highest BCUT2D eigenvalue weighted by Gasteiger charge is 2.42. The van der Waals surface area contributed by atoms with Crippen LogP contribution in [0.15, 0.2) is 53.6 Å². The Morgan fingerprint density at radius 3 is 2.65 bits per heavy atom. The number of benzene rings is 1. The Morgan fingerprint density at radius 2 is 2.00 bits per heavy atom. The smallest absolute Gasteiger partial charge is 0.268 e. The Hall–Kier alpha value is -3.73. The molecule has 3 heterocycles. The van der Waals surface area contributed by atoms with E-state index in [0.717, 1.165) is 12.8 Å². The molecule has 40 heavy (non-hydrogen) atoms. The van der Waals surface area contributed by atoms with Crippen LogP contribution in [0.4, 0.5) is 16.0 Å². The van der Waals surface area contributed by atoms with Crippen LogP contribution in [0.25, 0.3) is 11.3 Å². The lowest BCUT2D eigenvalue weighted by atomic mass is 9.86. The van der Waals surface area contributed by atoms with Crippen LogP contribution < -0.4 is 20.1 Å². The van der Waals surface area contributed by atoms with Gasteiger partial charge in [0.25, 0.3) is 15.9 Å². The molecule has 214 valence electrons. The van der Waals surface area contributed by atoms with E-state index in [-0.39, 0.29) is 27.7 Å². The van der Waals surface area contributed by atoms with Crippen molar-refractivity contribution in [1.82, 2.24) is 14.7 Å². The van der Waals surface area contributed by atoms with Crippen molar-refractivity contribution in [2.45, 2.75) is 57.9 Å². The molecule has 1 amide bonds. The minimum absolute atomic E-state index is 0.0762. The molecule has 0 bridgehead atoms. The zero-order valence-corrected chi connectivity index (χ0v) is 24.3. The van der Waals surface area contributed by atoms with Gasteiger partial charge in [-0.1, -0.05) is 27.2 Å². The number of ether oxygens (including phenoxy) is 1. The largest absolute Gasteiger partial charge is 0.493 e. The fraction of sp³-hybridized carbons (Fsp3) is 0.414. The van der Waals surface area contributed by atoms with Gasteiger partial charge in [0, 0.05) is 29.9 Å². The summed E-state index contributed by atoms with van der Waals surface area (Å²) in [5.74, 6) is -0.262. The first-order valence-corrected chi connectivity index (χ1v) is 14.8. The van der Waals surface area contributed by atoms with Gasteiger partial charge in [0.1, 0.15) is 28.1 Å². The van der Waals surface area contributed by atoms with Crippen molar-refractivity contribution >= 4 is 27.6 Å². The van der Waals surface area contributed by atoms with Crippen molar-refractivity contribution in [2.24, 2.45) is 11.8 Å². The normalized spacial score (nSPS) is 16.8. The van der Waals surface area contributed by atoms with Crippen LogP contribution >= 0.6 is 0 Å². The molecule has 0 spiro atoms. The predicted octanol–water partition coefficient (Wildman–Crippen LogP) is 5.03. The first-order chi connectivity index (χ1) is 18.8. The number of nitrogens with two attached hydrogens (primary N) is 1. The highest BCUT2D eigenvalue weighted by molar-refractivity contribution is 7.90. The highest BCUT2D eigenvalue weighted by atomic mass is 32.2. The van der Waals surface area contributed by atoms with Gasteiger partial charge in [0.15, 0.2) is 0 Å². The average Bonchev–Trinajstić information content (AvgIpc) is 3.20. The van der Waals surface area contributed by atoms with E-state index in [1.54, 1.807) is 12.1 Å². The van der Waals surface area contributed by atoms with Crippen LogP contribution in [0.3, 0.4) is 0 Å². The van der Waals surface area contributed by atoms with E-state index in [2.05, 4.69) is 30.5 Å². The molecule has 1 aliphatic heterocycles. The number of pyridine rings is 2. The topological polar surface area (TPSA) is 128 Å². The van der Waals surface area contributed by atoms with Crippen molar-refractivity contribution in [1.29, 1.82) is 0 Å². The first-order valence-electron chi connectivity index (χ1n) is 13.3. The third-order valence-corrected chi connectivity index (χ3v) is 8.71. The Bertz CT molecular complexity index is 1510. The second-order valence-corrected chi connectivity index (χ2v) is 12.6. The molecule has 9 nitrogen and oxygen atoms in total. The number of sulfonamides is 1. The van der Waals surface area contributed by atoms with Gasteiger partial charge in [-0.2, -0.15) is 0 Å². The molecule has 1 aromatic carbocycles. The number of nitrogens with one attached hydrogen (secondary N) is 1. The number of carbonyl (C=O) groups excluding carboxylic acids is 1. The molecule has 0 radical (unpaired) electrons. The van der Waals surface area contributed by atoms with Crippen molar-refractivity contribution in [3.63, 3.8) is 0 Å². The maximum absolute atomic E-state index is 14.6. The van der Waals surface area contributed by atoms with Crippen LogP contribution in [-0.2, 0) is 10.0 Å². The molecule has 1 unspecified atom stereocenters. The lowest BCUT2D eigenvalue weighted by Crippen LogP contribution is -2.44. The highest BCUT2D eigenvalue weighted by Crippen LogP contribution is 2.41. The third kappa shape index (κ3) is 6.04. The molecule has 0 aliphatic carbocycles.